The minimum absolute atomic E-state index is 0.652. The van der Waals surface area contributed by atoms with Crippen LogP contribution in [-0.4, -0.2) is 6.61 Å². The Kier molecular flexibility index (Phi) is 6.12. The third-order valence-electron chi connectivity index (χ3n) is 3.24. The van der Waals surface area contributed by atoms with Crippen molar-refractivity contribution in [2.24, 2.45) is 0 Å². The molecule has 2 rings (SSSR count). The molecule has 0 aromatic heterocycles. The van der Waals surface area contributed by atoms with Gasteiger partial charge in [-0.1, -0.05) is 41.1 Å². The van der Waals surface area contributed by atoms with Crippen molar-refractivity contribution in [3.05, 3.63) is 56.5 Å². The molecule has 0 spiro atoms. The second kappa shape index (κ2) is 7.85. The first-order valence-corrected chi connectivity index (χ1v) is 8.66. The smallest absolute Gasteiger partial charge is 0.138 e. The predicted octanol–water partition coefficient (Wildman–Crippen LogP) is 5.78. The molecule has 0 fully saturated rings. The van der Waals surface area contributed by atoms with E-state index in [1.54, 1.807) is 0 Å². The lowest BCUT2D eigenvalue weighted by Crippen LogP contribution is -2.05. The van der Waals surface area contributed by atoms with Crippen LogP contribution in [0.1, 0.15) is 25.0 Å². The lowest BCUT2D eigenvalue weighted by Gasteiger charge is -2.15. The first-order valence-electron chi connectivity index (χ1n) is 7.08. The maximum atomic E-state index is 5.76. The highest BCUT2D eigenvalue weighted by Gasteiger charge is 2.10. The maximum Gasteiger partial charge on any atom is 0.138 e. The summed E-state index contributed by atoms with van der Waals surface area (Å²) in [6.07, 6.45) is 1.02. The SMILES string of the molecule is CCOc1c(Br)cc(Br)cc1CNc1ccccc1CC. The van der Waals surface area contributed by atoms with Crippen LogP contribution in [0.15, 0.2) is 45.3 Å². The molecule has 0 unspecified atom stereocenters. The molecule has 2 nitrogen and oxygen atoms in total. The van der Waals surface area contributed by atoms with Gasteiger partial charge in [-0.15, -0.1) is 0 Å². The quantitative estimate of drug-likeness (QED) is 0.648. The van der Waals surface area contributed by atoms with Crippen LogP contribution in [0.5, 0.6) is 5.75 Å². The van der Waals surface area contributed by atoms with Crippen LogP contribution in [0, 0.1) is 0 Å². The van der Waals surface area contributed by atoms with E-state index in [4.69, 9.17) is 4.74 Å². The van der Waals surface area contributed by atoms with Gasteiger partial charge in [0.05, 0.1) is 11.1 Å². The van der Waals surface area contributed by atoms with Gasteiger partial charge in [-0.05, 0) is 53.0 Å². The second-order valence-electron chi connectivity index (χ2n) is 4.67. The van der Waals surface area contributed by atoms with Gasteiger partial charge in [0.2, 0.25) is 0 Å². The van der Waals surface area contributed by atoms with E-state index in [-0.39, 0.29) is 0 Å². The van der Waals surface area contributed by atoms with Gasteiger partial charge in [0.25, 0.3) is 0 Å². The van der Waals surface area contributed by atoms with E-state index < -0.39 is 0 Å². The topological polar surface area (TPSA) is 21.3 Å². The van der Waals surface area contributed by atoms with E-state index in [1.165, 1.54) is 11.3 Å². The number of hydrogen-bond acceptors (Lipinski definition) is 2. The van der Waals surface area contributed by atoms with Crippen molar-refractivity contribution in [3.8, 4) is 5.75 Å². The molecule has 21 heavy (non-hydrogen) atoms. The number of rotatable bonds is 6. The normalized spacial score (nSPS) is 10.5. The molecule has 0 aliphatic rings. The first-order chi connectivity index (χ1) is 10.2. The van der Waals surface area contributed by atoms with Crippen molar-refractivity contribution in [2.45, 2.75) is 26.8 Å². The molecule has 112 valence electrons. The summed E-state index contributed by atoms with van der Waals surface area (Å²) in [4.78, 5) is 0. The van der Waals surface area contributed by atoms with Gasteiger partial charge in [-0.3, -0.25) is 0 Å². The highest BCUT2D eigenvalue weighted by Crippen LogP contribution is 2.33. The Morgan fingerprint density at radius 3 is 2.52 bits per heavy atom. The van der Waals surface area contributed by atoms with Crippen molar-refractivity contribution >= 4 is 37.5 Å². The highest BCUT2D eigenvalue weighted by atomic mass is 79.9. The predicted molar refractivity (Wildman–Crippen MR) is 96.2 cm³/mol. The molecular formula is C17H19Br2NO. The minimum atomic E-state index is 0.652. The van der Waals surface area contributed by atoms with Crippen LogP contribution < -0.4 is 10.1 Å². The minimum Gasteiger partial charge on any atom is -0.492 e. The van der Waals surface area contributed by atoms with Crippen LogP contribution in [0.25, 0.3) is 0 Å². The summed E-state index contributed by atoms with van der Waals surface area (Å²) >= 11 is 7.11. The molecule has 0 atom stereocenters. The number of halogens is 2. The Bertz CT molecular complexity index is 614. The van der Waals surface area contributed by atoms with Gasteiger partial charge in [-0.25, -0.2) is 0 Å². The van der Waals surface area contributed by atoms with E-state index in [2.05, 4.69) is 74.4 Å². The fraction of sp³-hybridized carbons (Fsp3) is 0.294. The van der Waals surface area contributed by atoms with Gasteiger partial charge < -0.3 is 10.1 Å². The molecule has 2 aromatic carbocycles. The Labute approximate surface area is 143 Å². The lowest BCUT2D eigenvalue weighted by atomic mass is 10.1. The fourth-order valence-corrected chi connectivity index (χ4v) is 3.67. The molecule has 0 saturated carbocycles. The van der Waals surface area contributed by atoms with E-state index in [0.29, 0.717) is 6.61 Å². The molecule has 0 heterocycles. The van der Waals surface area contributed by atoms with Gasteiger partial charge in [0.1, 0.15) is 5.75 Å². The largest absolute Gasteiger partial charge is 0.492 e. The Morgan fingerprint density at radius 1 is 1.05 bits per heavy atom. The summed E-state index contributed by atoms with van der Waals surface area (Å²) in [6, 6.07) is 12.5. The Hall–Kier alpha value is -1.00. The van der Waals surface area contributed by atoms with Crippen LogP contribution in [0.2, 0.25) is 0 Å². The third-order valence-corrected chi connectivity index (χ3v) is 4.29. The van der Waals surface area contributed by atoms with E-state index >= 15 is 0 Å². The van der Waals surface area contributed by atoms with Crippen LogP contribution >= 0.6 is 31.9 Å². The van der Waals surface area contributed by atoms with Gasteiger partial charge in [0, 0.05) is 22.3 Å². The van der Waals surface area contributed by atoms with Crippen molar-refractivity contribution in [2.75, 3.05) is 11.9 Å². The molecule has 4 heteroatoms. The Morgan fingerprint density at radius 2 is 1.81 bits per heavy atom. The van der Waals surface area contributed by atoms with Crippen molar-refractivity contribution in [1.82, 2.24) is 0 Å². The standard InChI is InChI=1S/C17H19Br2NO/c1-3-12-7-5-6-8-16(12)20-11-13-9-14(18)10-15(19)17(13)21-4-2/h5-10,20H,3-4,11H2,1-2H3. The van der Waals surface area contributed by atoms with Crippen LogP contribution in [0.3, 0.4) is 0 Å². The summed E-state index contributed by atoms with van der Waals surface area (Å²) in [6.45, 7) is 5.54. The fourth-order valence-electron chi connectivity index (χ4n) is 2.24. The summed E-state index contributed by atoms with van der Waals surface area (Å²) in [5, 5.41) is 3.51. The summed E-state index contributed by atoms with van der Waals surface area (Å²) in [5.74, 6) is 0.905. The Balaban J connectivity index is 2.23. The molecule has 0 aliphatic heterocycles. The van der Waals surface area contributed by atoms with E-state index in [0.717, 1.165) is 33.2 Å². The van der Waals surface area contributed by atoms with Crippen LogP contribution in [-0.2, 0) is 13.0 Å². The lowest BCUT2D eigenvalue weighted by molar-refractivity contribution is 0.334. The zero-order valence-corrected chi connectivity index (χ0v) is 15.4. The van der Waals surface area contributed by atoms with Gasteiger partial charge in [0.15, 0.2) is 0 Å². The zero-order chi connectivity index (χ0) is 15.2. The zero-order valence-electron chi connectivity index (χ0n) is 12.2. The van der Waals surface area contributed by atoms with Crippen molar-refractivity contribution in [3.63, 3.8) is 0 Å². The molecule has 0 amide bonds. The number of hydrogen-bond donors (Lipinski definition) is 1. The molecule has 0 saturated heterocycles. The number of benzene rings is 2. The molecule has 2 aromatic rings. The van der Waals surface area contributed by atoms with Gasteiger partial charge in [-0.2, -0.15) is 0 Å². The monoisotopic (exact) mass is 411 g/mol. The molecule has 0 aliphatic carbocycles. The number of nitrogens with one attached hydrogen (secondary N) is 1. The van der Waals surface area contributed by atoms with E-state index in [9.17, 15) is 0 Å². The van der Waals surface area contributed by atoms with E-state index in [1.807, 2.05) is 13.0 Å². The average molecular weight is 413 g/mol. The third kappa shape index (κ3) is 4.24. The molecule has 1 N–H and O–H groups in total. The summed E-state index contributed by atoms with van der Waals surface area (Å²) in [7, 11) is 0. The summed E-state index contributed by atoms with van der Waals surface area (Å²) < 4.78 is 7.77. The number of ether oxygens (including phenoxy) is 1. The number of anilines is 1. The number of para-hydroxylation sites is 1. The average Bonchev–Trinajstić information content (AvgIpc) is 2.48. The maximum absolute atomic E-state index is 5.76. The first kappa shape index (κ1) is 16.4. The highest BCUT2D eigenvalue weighted by molar-refractivity contribution is 9.11. The number of aryl methyl sites for hydroxylation is 1. The summed E-state index contributed by atoms with van der Waals surface area (Å²) in [5.41, 5.74) is 3.63. The van der Waals surface area contributed by atoms with Crippen LogP contribution in [0.4, 0.5) is 5.69 Å². The second-order valence-corrected chi connectivity index (χ2v) is 6.44. The van der Waals surface area contributed by atoms with Crippen molar-refractivity contribution < 1.29 is 4.74 Å². The molecule has 0 bridgehead atoms. The van der Waals surface area contributed by atoms with Crippen molar-refractivity contribution in [1.29, 1.82) is 0 Å². The van der Waals surface area contributed by atoms with Gasteiger partial charge >= 0.3 is 0 Å². The molecule has 0 radical (unpaired) electrons. The molecular weight excluding hydrogens is 394 g/mol.